The van der Waals surface area contributed by atoms with Gasteiger partial charge in [-0.3, -0.25) is 4.79 Å². The van der Waals surface area contributed by atoms with Gasteiger partial charge in [-0.05, 0) is 31.5 Å². The van der Waals surface area contributed by atoms with Crippen LogP contribution in [0.2, 0.25) is 0 Å². The van der Waals surface area contributed by atoms with Crippen molar-refractivity contribution in [3.63, 3.8) is 0 Å². The van der Waals surface area contributed by atoms with Crippen LogP contribution in [-0.2, 0) is 4.79 Å². The lowest BCUT2D eigenvalue weighted by atomic mass is 10.1. The van der Waals surface area contributed by atoms with E-state index >= 15 is 0 Å². The number of carbonyl (C=O) groups excluding carboxylic acids is 1. The molecule has 0 aliphatic carbocycles. The van der Waals surface area contributed by atoms with E-state index in [-0.39, 0.29) is 17.9 Å². The fraction of sp³-hybridized carbons (Fsp3) is 0.545. The molecule has 15 heavy (non-hydrogen) atoms. The van der Waals surface area contributed by atoms with Crippen molar-refractivity contribution in [3.05, 3.63) is 24.2 Å². The Kier molecular flexibility index (Phi) is 4.37. The van der Waals surface area contributed by atoms with E-state index in [1.807, 2.05) is 19.9 Å². The molecule has 84 valence electrons. The SMILES string of the molecule is CC(CN)CC(=O)NC(C)c1ccco1. The maximum Gasteiger partial charge on any atom is 0.220 e. The van der Waals surface area contributed by atoms with Gasteiger partial charge in [0.1, 0.15) is 5.76 Å². The summed E-state index contributed by atoms with van der Waals surface area (Å²) in [4.78, 5) is 11.5. The van der Waals surface area contributed by atoms with Crippen molar-refractivity contribution in [3.8, 4) is 0 Å². The first-order chi connectivity index (χ1) is 7.13. The highest BCUT2D eigenvalue weighted by Gasteiger charge is 2.13. The number of nitrogens with one attached hydrogen (secondary N) is 1. The number of rotatable bonds is 5. The summed E-state index contributed by atoms with van der Waals surface area (Å²) in [6, 6.07) is 3.56. The van der Waals surface area contributed by atoms with E-state index in [2.05, 4.69) is 5.32 Å². The zero-order valence-corrected chi connectivity index (χ0v) is 9.19. The third kappa shape index (κ3) is 3.75. The molecule has 0 saturated carbocycles. The highest BCUT2D eigenvalue weighted by molar-refractivity contribution is 5.76. The summed E-state index contributed by atoms with van der Waals surface area (Å²) in [7, 11) is 0. The van der Waals surface area contributed by atoms with Gasteiger partial charge in [-0.2, -0.15) is 0 Å². The molecule has 0 bridgehead atoms. The predicted molar refractivity (Wildman–Crippen MR) is 58.1 cm³/mol. The van der Waals surface area contributed by atoms with E-state index in [1.165, 1.54) is 0 Å². The molecule has 0 aromatic carbocycles. The molecule has 0 spiro atoms. The standard InChI is InChI=1S/C11H18N2O2/c1-8(7-12)6-11(14)13-9(2)10-4-3-5-15-10/h3-5,8-9H,6-7,12H2,1-2H3,(H,13,14). The Balaban J connectivity index is 2.38. The summed E-state index contributed by atoms with van der Waals surface area (Å²) in [6.45, 7) is 4.38. The van der Waals surface area contributed by atoms with Gasteiger partial charge in [0.15, 0.2) is 0 Å². The lowest BCUT2D eigenvalue weighted by Gasteiger charge is -2.13. The van der Waals surface area contributed by atoms with Gasteiger partial charge < -0.3 is 15.5 Å². The lowest BCUT2D eigenvalue weighted by molar-refractivity contribution is -0.122. The molecule has 1 rings (SSSR count). The monoisotopic (exact) mass is 210 g/mol. The summed E-state index contributed by atoms with van der Waals surface area (Å²) >= 11 is 0. The Labute approximate surface area is 89.8 Å². The van der Waals surface area contributed by atoms with Gasteiger partial charge in [0.2, 0.25) is 5.91 Å². The van der Waals surface area contributed by atoms with Crippen LogP contribution in [0.15, 0.2) is 22.8 Å². The second-order valence-corrected chi connectivity index (χ2v) is 3.85. The van der Waals surface area contributed by atoms with Gasteiger partial charge in [0, 0.05) is 6.42 Å². The molecule has 1 aromatic heterocycles. The minimum absolute atomic E-state index is 0.0110. The molecule has 0 aliphatic rings. The highest BCUT2D eigenvalue weighted by Crippen LogP contribution is 2.12. The van der Waals surface area contributed by atoms with Crippen LogP contribution in [0, 0.1) is 5.92 Å². The summed E-state index contributed by atoms with van der Waals surface area (Å²) < 4.78 is 5.19. The van der Waals surface area contributed by atoms with Crippen molar-refractivity contribution in [1.29, 1.82) is 0 Å². The molecule has 3 N–H and O–H groups in total. The van der Waals surface area contributed by atoms with Crippen LogP contribution in [0.4, 0.5) is 0 Å². The fourth-order valence-corrected chi connectivity index (χ4v) is 1.31. The van der Waals surface area contributed by atoms with E-state index in [0.29, 0.717) is 13.0 Å². The molecule has 0 radical (unpaired) electrons. The number of furan rings is 1. The van der Waals surface area contributed by atoms with Crippen molar-refractivity contribution in [2.45, 2.75) is 26.3 Å². The zero-order valence-electron chi connectivity index (χ0n) is 9.19. The minimum atomic E-state index is -0.0857. The number of hydrogen-bond donors (Lipinski definition) is 2. The largest absolute Gasteiger partial charge is 0.467 e. The smallest absolute Gasteiger partial charge is 0.220 e. The van der Waals surface area contributed by atoms with Crippen molar-refractivity contribution >= 4 is 5.91 Å². The van der Waals surface area contributed by atoms with Crippen molar-refractivity contribution in [2.75, 3.05) is 6.54 Å². The zero-order chi connectivity index (χ0) is 11.3. The van der Waals surface area contributed by atoms with Crippen LogP contribution in [0.5, 0.6) is 0 Å². The molecule has 4 nitrogen and oxygen atoms in total. The van der Waals surface area contributed by atoms with Gasteiger partial charge in [0.25, 0.3) is 0 Å². The molecule has 0 fully saturated rings. The molecule has 2 unspecified atom stereocenters. The Morgan fingerprint density at radius 1 is 1.60 bits per heavy atom. The molecule has 1 amide bonds. The van der Waals surface area contributed by atoms with E-state index in [0.717, 1.165) is 5.76 Å². The van der Waals surface area contributed by atoms with Crippen molar-refractivity contribution < 1.29 is 9.21 Å². The van der Waals surface area contributed by atoms with Gasteiger partial charge in [-0.25, -0.2) is 0 Å². The molecule has 4 heteroatoms. The third-order valence-corrected chi connectivity index (χ3v) is 2.28. The Morgan fingerprint density at radius 2 is 2.33 bits per heavy atom. The number of nitrogens with two attached hydrogens (primary N) is 1. The second-order valence-electron chi connectivity index (χ2n) is 3.85. The van der Waals surface area contributed by atoms with Crippen LogP contribution < -0.4 is 11.1 Å². The fourth-order valence-electron chi connectivity index (χ4n) is 1.31. The number of carbonyl (C=O) groups is 1. The molecular formula is C11H18N2O2. The quantitative estimate of drug-likeness (QED) is 0.772. The summed E-state index contributed by atoms with van der Waals surface area (Å²) in [5, 5.41) is 2.86. The number of hydrogen-bond acceptors (Lipinski definition) is 3. The van der Waals surface area contributed by atoms with Crippen LogP contribution in [0.1, 0.15) is 32.1 Å². The maximum absolute atomic E-state index is 11.5. The maximum atomic E-state index is 11.5. The van der Waals surface area contributed by atoms with E-state index in [4.69, 9.17) is 10.2 Å². The first kappa shape index (κ1) is 11.8. The first-order valence-electron chi connectivity index (χ1n) is 5.16. The highest BCUT2D eigenvalue weighted by atomic mass is 16.3. The molecule has 0 aliphatic heterocycles. The van der Waals surface area contributed by atoms with Gasteiger partial charge >= 0.3 is 0 Å². The van der Waals surface area contributed by atoms with Gasteiger partial charge in [-0.15, -0.1) is 0 Å². The average molecular weight is 210 g/mol. The van der Waals surface area contributed by atoms with Crippen LogP contribution in [0.25, 0.3) is 0 Å². The minimum Gasteiger partial charge on any atom is -0.467 e. The Morgan fingerprint density at radius 3 is 2.87 bits per heavy atom. The van der Waals surface area contributed by atoms with Gasteiger partial charge in [-0.1, -0.05) is 6.92 Å². The average Bonchev–Trinajstić information content (AvgIpc) is 2.70. The normalized spacial score (nSPS) is 14.6. The van der Waals surface area contributed by atoms with Crippen molar-refractivity contribution in [1.82, 2.24) is 5.32 Å². The Bertz CT molecular complexity index is 296. The van der Waals surface area contributed by atoms with E-state index in [1.54, 1.807) is 12.3 Å². The van der Waals surface area contributed by atoms with E-state index < -0.39 is 0 Å². The van der Waals surface area contributed by atoms with Crippen molar-refractivity contribution in [2.24, 2.45) is 11.7 Å². The van der Waals surface area contributed by atoms with Gasteiger partial charge in [0.05, 0.1) is 12.3 Å². The molecular weight excluding hydrogens is 192 g/mol. The van der Waals surface area contributed by atoms with Crippen LogP contribution in [-0.4, -0.2) is 12.5 Å². The molecule has 1 aromatic rings. The summed E-state index contributed by atoms with van der Waals surface area (Å²) in [5.74, 6) is 0.995. The summed E-state index contributed by atoms with van der Waals surface area (Å²) in [6.07, 6.45) is 2.06. The topological polar surface area (TPSA) is 68.3 Å². The molecule has 1 heterocycles. The lowest BCUT2D eigenvalue weighted by Crippen LogP contribution is -2.29. The predicted octanol–water partition coefficient (Wildman–Crippen LogP) is 1.44. The molecule has 2 atom stereocenters. The van der Waals surface area contributed by atoms with Crippen LogP contribution in [0.3, 0.4) is 0 Å². The number of amides is 1. The summed E-state index contributed by atoms with van der Waals surface area (Å²) in [5.41, 5.74) is 5.45. The molecule has 0 saturated heterocycles. The van der Waals surface area contributed by atoms with E-state index in [9.17, 15) is 4.79 Å². The first-order valence-corrected chi connectivity index (χ1v) is 5.16. The Hall–Kier alpha value is -1.29. The second kappa shape index (κ2) is 5.56. The van der Waals surface area contributed by atoms with Crippen LogP contribution >= 0.6 is 0 Å². The third-order valence-electron chi connectivity index (χ3n) is 2.28.